The summed E-state index contributed by atoms with van der Waals surface area (Å²) >= 11 is 11.5. The van der Waals surface area contributed by atoms with Crippen molar-refractivity contribution in [3.8, 4) is 5.75 Å². The van der Waals surface area contributed by atoms with E-state index in [-0.39, 0.29) is 6.61 Å². The van der Waals surface area contributed by atoms with Crippen molar-refractivity contribution in [3.63, 3.8) is 0 Å². The standard InChI is InChI=1S/C10H8Cl2O3/c1-2-14-10(13)6-15-9-4-3-7(11)5-8(9)12/h2-5H,1,6H2. The second kappa shape index (κ2) is 5.63. The highest BCUT2D eigenvalue weighted by Crippen LogP contribution is 2.27. The third-order valence-electron chi connectivity index (χ3n) is 1.45. The quantitative estimate of drug-likeness (QED) is 0.605. The molecule has 0 aliphatic carbocycles. The Labute approximate surface area is 97.2 Å². The summed E-state index contributed by atoms with van der Waals surface area (Å²) in [4.78, 5) is 10.9. The van der Waals surface area contributed by atoms with Gasteiger partial charge in [-0.25, -0.2) is 4.79 Å². The summed E-state index contributed by atoms with van der Waals surface area (Å²) in [7, 11) is 0. The Morgan fingerprint density at radius 1 is 1.47 bits per heavy atom. The first-order chi connectivity index (χ1) is 7.13. The van der Waals surface area contributed by atoms with Crippen LogP contribution >= 0.6 is 23.2 Å². The topological polar surface area (TPSA) is 35.5 Å². The van der Waals surface area contributed by atoms with Crippen LogP contribution in [0.3, 0.4) is 0 Å². The van der Waals surface area contributed by atoms with Crippen LogP contribution in [0.4, 0.5) is 0 Å². The Bertz CT molecular complexity index is 377. The lowest BCUT2D eigenvalue weighted by molar-refractivity contribution is -0.140. The molecule has 15 heavy (non-hydrogen) atoms. The van der Waals surface area contributed by atoms with Crippen molar-refractivity contribution in [2.75, 3.05) is 6.61 Å². The van der Waals surface area contributed by atoms with Crippen molar-refractivity contribution in [2.24, 2.45) is 0 Å². The Balaban J connectivity index is 2.57. The number of ether oxygens (including phenoxy) is 2. The average molecular weight is 247 g/mol. The first-order valence-corrected chi connectivity index (χ1v) is 4.77. The lowest BCUT2D eigenvalue weighted by Gasteiger charge is -2.06. The summed E-state index contributed by atoms with van der Waals surface area (Å²) in [6.07, 6.45) is 1.04. The van der Waals surface area contributed by atoms with Gasteiger partial charge in [-0.05, 0) is 18.2 Å². The molecule has 80 valence electrons. The second-order valence-electron chi connectivity index (χ2n) is 2.52. The Kier molecular flexibility index (Phi) is 4.46. The molecule has 0 radical (unpaired) electrons. The van der Waals surface area contributed by atoms with Crippen LogP contribution in [0, 0.1) is 0 Å². The average Bonchev–Trinajstić information content (AvgIpc) is 2.17. The molecule has 5 heteroatoms. The Morgan fingerprint density at radius 2 is 2.20 bits per heavy atom. The summed E-state index contributed by atoms with van der Waals surface area (Å²) in [5, 5.41) is 0.843. The van der Waals surface area contributed by atoms with Gasteiger partial charge in [-0.2, -0.15) is 0 Å². The normalized spacial score (nSPS) is 9.47. The molecule has 0 heterocycles. The molecule has 0 aliphatic heterocycles. The van der Waals surface area contributed by atoms with Crippen LogP contribution in [-0.2, 0) is 9.53 Å². The van der Waals surface area contributed by atoms with Crippen molar-refractivity contribution in [3.05, 3.63) is 41.1 Å². The highest BCUT2D eigenvalue weighted by Gasteiger charge is 2.06. The molecule has 0 bridgehead atoms. The minimum absolute atomic E-state index is 0.229. The van der Waals surface area contributed by atoms with Gasteiger partial charge in [0.1, 0.15) is 5.75 Å². The molecular weight excluding hydrogens is 239 g/mol. The van der Waals surface area contributed by atoms with E-state index in [2.05, 4.69) is 11.3 Å². The monoisotopic (exact) mass is 246 g/mol. The highest BCUT2D eigenvalue weighted by atomic mass is 35.5. The van der Waals surface area contributed by atoms with E-state index in [1.54, 1.807) is 12.1 Å². The van der Waals surface area contributed by atoms with E-state index in [1.807, 2.05) is 0 Å². The molecule has 0 saturated carbocycles. The molecule has 0 aromatic heterocycles. The van der Waals surface area contributed by atoms with Gasteiger partial charge in [0.2, 0.25) is 0 Å². The predicted octanol–water partition coefficient (Wildman–Crippen LogP) is 3.06. The molecule has 0 saturated heterocycles. The Morgan fingerprint density at radius 3 is 2.80 bits per heavy atom. The highest BCUT2D eigenvalue weighted by molar-refractivity contribution is 6.35. The number of carbonyl (C=O) groups is 1. The molecular formula is C10H8Cl2O3. The number of hydrogen-bond donors (Lipinski definition) is 0. The summed E-state index contributed by atoms with van der Waals surface area (Å²) in [6, 6.07) is 4.71. The molecule has 0 fully saturated rings. The van der Waals surface area contributed by atoms with Gasteiger partial charge in [-0.15, -0.1) is 0 Å². The third-order valence-corrected chi connectivity index (χ3v) is 1.98. The fourth-order valence-electron chi connectivity index (χ4n) is 0.856. The lowest BCUT2D eigenvalue weighted by Crippen LogP contribution is -2.12. The zero-order valence-corrected chi connectivity index (χ0v) is 9.22. The van der Waals surface area contributed by atoms with Crippen LogP contribution in [0.5, 0.6) is 5.75 Å². The molecule has 0 spiro atoms. The van der Waals surface area contributed by atoms with Gasteiger partial charge >= 0.3 is 5.97 Å². The van der Waals surface area contributed by atoms with Crippen molar-refractivity contribution in [2.45, 2.75) is 0 Å². The van der Waals surface area contributed by atoms with E-state index in [1.165, 1.54) is 6.07 Å². The summed E-state index contributed by atoms with van der Waals surface area (Å²) in [6.45, 7) is 3.01. The van der Waals surface area contributed by atoms with Gasteiger partial charge in [0.25, 0.3) is 0 Å². The maximum absolute atomic E-state index is 10.9. The van der Waals surface area contributed by atoms with Crippen LogP contribution in [0.15, 0.2) is 31.0 Å². The number of hydrogen-bond acceptors (Lipinski definition) is 3. The van der Waals surface area contributed by atoms with Gasteiger partial charge in [0.15, 0.2) is 6.61 Å². The minimum Gasteiger partial charge on any atom is -0.480 e. The van der Waals surface area contributed by atoms with E-state index in [0.717, 1.165) is 6.26 Å². The van der Waals surface area contributed by atoms with Crippen molar-refractivity contribution in [1.82, 2.24) is 0 Å². The van der Waals surface area contributed by atoms with Crippen molar-refractivity contribution >= 4 is 29.2 Å². The van der Waals surface area contributed by atoms with Gasteiger partial charge in [0.05, 0.1) is 11.3 Å². The molecule has 0 unspecified atom stereocenters. The smallest absolute Gasteiger partial charge is 0.348 e. The number of rotatable bonds is 4. The maximum Gasteiger partial charge on any atom is 0.348 e. The molecule has 0 N–H and O–H groups in total. The second-order valence-corrected chi connectivity index (χ2v) is 3.36. The third kappa shape index (κ3) is 3.81. The predicted molar refractivity (Wildman–Crippen MR) is 58.2 cm³/mol. The van der Waals surface area contributed by atoms with Crippen molar-refractivity contribution < 1.29 is 14.3 Å². The van der Waals surface area contributed by atoms with Gasteiger partial charge in [-0.1, -0.05) is 29.8 Å². The first kappa shape index (κ1) is 11.9. The van der Waals surface area contributed by atoms with Gasteiger partial charge < -0.3 is 9.47 Å². The fraction of sp³-hybridized carbons (Fsp3) is 0.100. The SMILES string of the molecule is C=COC(=O)COc1ccc(Cl)cc1Cl. The van der Waals surface area contributed by atoms with Crippen LogP contribution in [0.2, 0.25) is 10.0 Å². The van der Waals surface area contributed by atoms with Crippen LogP contribution < -0.4 is 4.74 Å². The summed E-state index contributed by atoms with van der Waals surface area (Å²) in [5.74, 6) is -0.168. The molecule has 1 rings (SSSR count). The van der Waals surface area contributed by atoms with E-state index in [0.29, 0.717) is 15.8 Å². The van der Waals surface area contributed by atoms with Gasteiger partial charge in [-0.3, -0.25) is 0 Å². The first-order valence-electron chi connectivity index (χ1n) is 4.01. The maximum atomic E-state index is 10.9. The largest absolute Gasteiger partial charge is 0.480 e. The lowest BCUT2D eigenvalue weighted by atomic mass is 10.3. The van der Waals surface area contributed by atoms with Crippen LogP contribution in [0.25, 0.3) is 0 Å². The van der Waals surface area contributed by atoms with E-state index >= 15 is 0 Å². The number of carbonyl (C=O) groups excluding carboxylic acids is 1. The minimum atomic E-state index is -0.545. The summed E-state index contributed by atoms with van der Waals surface area (Å²) < 4.78 is 9.55. The molecule has 1 aromatic carbocycles. The zero-order chi connectivity index (χ0) is 11.3. The number of halogens is 2. The fourth-order valence-corrected chi connectivity index (χ4v) is 1.32. The van der Waals surface area contributed by atoms with E-state index in [4.69, 9.17) is 27.9 Å². The van der Waals surface area contributed by atoms with Gasteiger partial charge in [0, 0.05) is 5.02 Å². The molecule has 3 nitrogen and oxygen atoms in total. The van der Waals surface area contributed by atoms with Crippen molar-refractivity contribution in [1.29, 1.82) is 0 Å². The molecule has 0 atom stereocenters. The van der Waals surface area contributed by atoms with Crippen LogP contribution in [0.1, 0.15) is 0 Å². The Hall–Kier alpha value is -1.19. The molecule has 1 aromatic rings. The van der Waals surface area contributed by atoms with E-state index < -0.39 is 5.97 Å². The number of benzene rings is 1. The number of esters is 1. The summed E-state index contributed by atoms with van der Waals surface area (Å²) in [5.41, 5.74) is 0. The zero-order valence-electron chi connectivity index (χ0n) is 7.70. The molecule has 0 aliphatic rings. The van der Waals surface area contributed by atoms with E-state index in [9.17, 15) is 4.79 Å². The molecule has 0 amide bonds. The van der Waals surface area contributed by atoms with Crippen LogP contribution in [-0.4, -0.2) is 12.6 Å².